The number of rotatable bonds is 5. The molecule has 0 radical (unpaired) electrons. The Labute approximate surface area is 170 Å². The van der Waals surface area contributed by atoms with E-state index in [2.05, 4.69) is 10.3 Å². The molecular formula is C19H13Cl3N2OS. The molecule has 1 aromatic heterocycles. The average molecular weight is 424 g/mol. The number of nitrogens with one attached hydrogen (secondary N) is 1. The summed E-state index contributed by atoms with van der Waals surface area (Å²) in [6.45, 7) is 0. The smallest absolute Gasteiger partial charge is 0.250 e. The molecule has 0 spiro atoms. The summed E-state index contributed by atoms with van der Waals surface area (Å²) >= 11 is 19.2. The standard InChI is InChI=1S/C19H13Cl3N2OS/c20-14-5-1-12(2-6-14)4-8-18(25)24-19-23-11-15(26-19)9-13-3-7-16(21)17(22)10-13/h1-8,10-11H,9H2,(H,23,24,25)/b8-4+. The van der Waals surface area contributed by atoms with E-state index >= 15 is 0 Å². The van der Waals surface area contributed by atoms with Gasteiger partial charge in [0.25, 0.3) is 0 Å². The van der Waals surface area contributed by atoms with E-state index in [1.54, 1.807) is 30.5 Å². The molecule has 0 fully saturated rings. The number of halogens is 3. The lowest BCUT2D eigenvalue weighted by Crippen LogP contribution is -2.07. The van der Waals surface area contributed by atoms with Crippen LogP contribution in [0.4, 0.5) is 5.13 Å². The minimum Gasteiger partial charge on any atom is -0.298 e. The van der Waals surface area contributed by atoms with Gasteiger partial charge in [0.1, 0.15) is 0 Å². The van der Waals surface area contributed by atoms with Crippen molar-refractivity contribution < 1.29 is 4.79 Å². The fourth-order valence-electron chi connectivity index (χ4n) is 2.19. The molecule has 0 atom stereocenters. The Morgan fingerprint density at radius 2 is 1.85 bits per heavy atom. The second kappa shape index (κ2) is 8.69. The van der Waals surface area contributed by atoms with Gasteiger partial charge in [0, 0.05) is 28.6 Å². The number of nitrogens with zero attached hydrogens (tertiary/aromatic N) is 1. The third-order valence-corrected chi connectivity index (χ3v) is 5.35. The summed E-state index contributed by atoms with van der Waals surface area (Å²) in [7, 11) is 0. The average Bonchev–Trinajstić information content (AvgIpc) is 3.04. The number of thiazole rings is 1. The molecule has 1 N–H and O–H groups in total. The second-order valence-corrected chi connectivity index (χ2v) is 7.80. The number of anilines is 1. The Balaban J connectivity index is 1.59. The van der Waals surface area contributed by atoms with Crippen molar-refractivity contribution in [2.75, 3.05) is 5.32 Å². The zero-order chi connectivity index (χ0) is 18.5. The van der Waals surface area contributed by atoms with Gasteiger partial charge in [-0.25, -0.2) is 4.98 Å². The molecule has 1 heterocycles. The summed E-state index contributed by atoms with van der Waals surface area (Å²) in [6.07, 6.45) is 5.59. The van der Waals surface area contributed by atoms with Crippen molar-refractivity contribution in [2.45, 2.75) is 6.42 Å². The molecule has 0 unspecified atom stereocenters. The normalized spacial score (nSPS) is 11.0. The van der Waals surface area contributed by atoms with E-state index in [9.17, 15) is 4.79 Å². The first-order chi connectivity index (χ1) is 12.5. The van der Waals surface area contributed by atoms with E-state index < -0.39 is 0 Å². The number of carbonyl (C=O) groups excluding carboxylic acids is 1. The van der Waals surface area contributed by atoms with Crippen molar-refractivity contribution in [3.05, 3.63) is 85.8 Å². The lowest BCUT2D eigenvalue weighted by molar-refractivity contribution is -0.111. The number of hydrogen-bond acceptors (Lipinski definition) is 3. The van der Waals surface area contributed by atoms with E-state index in [-0.39, 0.29) is 5.91 Å². The van der Waals surface area contributed by atoms with Gasteiger partial charge in [-0.1, -0.05) is 53.0 Å². The van der Waals surface area contributed by atoms with E-state index in [0.29, 0.717) is 26.6 Å². The molecule has 7 heteroatoms. The van der Waals surface area contributed by atoms with Crippen molar-refractivity contribution in [3.63, 3.8) is 0 Å². The molecule has 0 aliphatic carbocycles. The molecule has 3 rings (SSSR count). The Hall–Kier alpha value is -1.85. The van der Waals surface area contributed by atoms with Gasteiger partial charge >= 0.3 is 0 Å². The molecule has 26 heavy (non-hydrogen) atoms. The summed E-state index contributed by atoms with van der Waals surface area (Å²) in [6, 6.07) is 12.7. The molecule has 0 aliphatic rings. The molecule has 1 amide bonds. The predicted molar refractivity (Wildman–Crippen MR) is 110 cm³/mol. The highest BCUT2D eigenvalue weighted by molar-refractivity contribution is 7.15. The zero-order valence-corrected chi connectivity index (χ0v) is 16.5. The molecule has 3 nitrogen and oxygen atoms in total. The van der Waals surface area contributed by atoms with E-state index in [4.69, 9.17) is 34.8 Å². The van der Waals surface area contributed by atoms with Crippen molar-refractivity contribution in [1.82, 2.24) is 4.98 Å². The van der Waals surface area contributed by atoms with Crippen molar-refractivity contribution >= 4 is 63.3 Å². The summed E-state index contributed by atoms with van der Waals surface area (Å²) in [5, 5.41) is 5.01. The van der Waals surface area contributed by atoms with Crippen LogP contribution in [0.3, 0.4) is 0 Å². The molecular weight excluding hydrogens is 411 g/mol. The Morgan fingerprint density at radius 3 is 2.58 bits per heavy atom. The summed E-state index contributed by atoms with van der Waals surface area (Å²) in [4.78, 5) is 17.3. The number of benzene rings is 2. The number of amides is 1. The van der Waals surface area contributed by atoms with Crippen LogP contribution in [0.2, 0.25) is 15.1 Å². The van der Waals surface area contributed by atoms with Crippen LogP contribution in [0.15, 0.2) is 54.7 Å². The van der Waals surface area contributed by atoms with Gasteiger partial charge in [0.15, 0.2) is 5.13 Å². The number of carbonyl (C=O) groups is 1. The summed E-state index contributed by atoms with van der Waals surface area (Å²) < 4.78 is 0. The Kier molecular flexibility index (Phi) is 6.33. The van der Waals surface area contributed by atoms with Gasteiger partial charge in [-0.3, -0.25) is 10.1 Å². The van der Waals surface area contributed by atoms with E-state index in [1.165, 1.54) is 17.4 Å². The second-order valence-electron chi connectivity index (χ2n) is 5.43. The fraction of sp³-hybridized carbons (Fsp3) is 0.0526. The monoisotopic (exact) mass is 422 g/mol. The van der Waals surface area contributed by atoms with Gasteiger partial charge in [-0.2, -0.15) is 0 Å². The fourth-order valence-corrected chi connectivity index (χ4v) is 3.49. The summed E-state index contributed by atoms with van der Waals surface area (Å²) in [5.41, 5.74) is 1.92. The largest absolute Gasteiger partial charge is 0.298 e. The van der Waals surface area contributed by atoms with Gasteiger partial charge in [0.05, 0.1) is 10.0 Å². The highest BCUT2D eigenvalue weighted by Crippen LogP contribution is 2.26. The van der Waals surface area contributed by atoms with Crippen molar-refractivity contribution in [2.24, 2.45) is 0 Å². The van der Waals surface area contributed by atoms with Crippen LogP contribution in [0.25, 0.3) is 6.08 Å². The predicted octanol–water partition coefficient (Wildman–Crippen LogP) is 6.35. The van der Waals surface area contributed by atoms with Crippen LogP contribution in [-0.4, -0.2) is 10.9 Å². The highest BCUT2D eigenvalue weighted by atomic mass is 35.5. The minimum atomic E-state index is -0.240. The van der Waals surface area contributed by atoms with Crippen molar-refractivity contribution in [1.29, 1.82) is 0 Å². The first kappa shape index (κ1) is 18.9. The number of aromatic nitrogens is 1. The maximum Gasteiger partial charge on any atom is 0.250 e. The maximum absolute atomic E-state index is 12.0. The van der Waals surface area contributed by atoms with Crippen molar-refractivity contribution in [3.8, 4) is 0 Å². The van der Waals surface area contributed by atoms with Crippen LogP contribution in [-0.2, 0) is 11.2 Å². The van der Waals surface area contributed by atoms with Gasteiger partial charge in [-0.05, 0) is 41.5 Å². The van der Waals surface area contributed by atoms with Gasteiger partial charge < -0.3 is 0 Å². The van der Waals surface area contributed by atoms with Gasteiger partial charge in [0.2, 0.25) is 5.91 Å². The SMILES string of the molecule is O=C(/C=C/c1ccc(Cl)cc1)Nc1ncc(Cc2ccc(Cl)c(Cl)c2)s1. The lowest BCUT2D eigenvalue weighted by atomic mass is 10.1. The van der Waals surface area contributed by atoms with Crippen LogP contribution >= 0.6 is 46.1 Å². The van der Waals surface area contributed by atoms with Crippen LogP contribution in [0.5, 0.6) is 0 Å². The summed E-state index contributed by atoms with van der Waals surface area (Å²) in [5.74, 6) is -0.240. The third-order valence-electron chi connectivity index (χ3n) is 3.44. The topological polar surface area (TPSA) is 42.0 Å². The van der Waals surface area contributed by atoms with E-state index in [1.807, 2.05) is 24.3 Å². The van der Waals surface area contributed by atoms with Crippen LogP contribution < -0.4 is 5.32 Å². The quantitative estimate of drug-likeness (QED) is 0.486. The van der Waals surface area contributed by atoms with Crippen LogP contribution in [0.1, 0.15) is 16.0 Å². The highest BCUT2D eigenvalue weighted by Gasteiger charge is 2.07. The van der Waals surface area contributed by atoms with Gasteiger partial charge in [-0.15, -0.1) is 11.3 Å². The van der Waals surface area contributed by atoms with Crippen LogP contribution in [0, 0.1) is 0 Å². The Bertz CT molecular complexity index is 952. The first-order valence-electron chi connectivity index (χ1n) is 7.63. The lowest BCUT2D eigenvalue weighted by Gasteiger charge is -2.01. The Morgan fingerprint density at radius 1 is 1.08 bits per heavy atom. The molecule has 0 aliphatic heterocycles. The minimum absolute atomic E-state index is 0.240. The molecule has 132 valence electrons. The molecule has 0 saturated heterocycles. The molecule has 0 bridgehead atoms. The van der Waals surface area contributed by atoms with E-state index in [0.717, 1.165) is 16.0 Å². The molecule has 2 aromatic carbocycles. The molecule has 3 aromatic rings. The first-order valence-corrected chi connectivity index (χ1v) is 9.58. The third kappa shape index (κ3) is 5.32. The zero-order valence-electron chi connectivity index (χ0n) is 13.4. The maximum atomic E-state index is 12.0. The number of hydrogen-bond donors (Lipinski definition) is 1. The molecule has 0 saturated carbocycles.